The number of hydrogen-bond acceptors (Lipinski definition) is 5. The summed E-state index contributed by atoms with van der Waals surface area (Å²) in [6, 6.07) is 9.06. The average Bonchev–Trinajstić information content (AvgIpc) is 3.31. The van der Waals surface area contributed by atoms with Crippen LogP contribution in [0.4, 0.5) is 5.82 Å². The van der Waals surface area contributed by atoms with Crippen LogP contribution >= 0.6 is 11.3 Å². The lowest BCUT2D eigenvalue weighted by atomic mass is 10.1. The van der Waals surface area contributed by atoms with Crippen LogP contribution in [0.2, 0.25) is 0 Å². The minimum absolute atomic E-state index is 0.0700. The molecule has 27 heavy (non-hydrogen) atoms. The molecule has 1 amide bonds. The molecule has 2 fully saturated rings. The van der Waals surface area contributed by atoms with Crippen LogP contribution in [0.3, 0.4) is 0 Å². The number of carbonyl (C=O) groups excluding carboxylic acids is 1. The SMILES string of the molecule is Cc1cc(C)nc(NC(=O)c2ccc(C3CCCN3C3CCOCC3)s2)c1. The van der Waals surface area contributed by atoms with Gasteiger partial charge in [0.2, 0.25) is 0 Å². The number of anilines is 1. The van der Waals surface area contributed by atoms with Gasteiger partial charge in [0, 0.05) is 35.9 Å². The fourth-order valence-corrected chi connectivity index (χ4v) is 5.34. The van der Waals surface area contributed by atoms with Gasteiger partial charge in [0.15, 0.2) is 0 Å². The summed E-state index contributed by atoms with van der Waals surface area (Å²) in [6.07, 6.45) is 4.65. The second-order valence-corrected chi connectivity index (χ2v) is 8.68. The number of pyridine rings is 1. The van der Waals surface area contributed by atoms with E-state index in [9.17, 15) is 4.79 Å². The van der Waals surface area contributed by atoms with Crippen molar-refractivity contribution in [2.75, 3.05) is 25.1 Å². The maximum atomic E-state index is 12.7. The average molecular weight is 386 g/mol. The molecule has 1 N–H and O–H groups in total. The van der Waals surface area contributed by atoms with E-state index >= 15 is 0 Å². The van der Waals surface area contributed by atoms with E-state index in [0.717, 1.165) is 48.7 Å². The van der Waals surface area contributed by atoms with Crippen molar-refractivity contribution in [3.05, 3.63) is 45.3 Å². The molecule has 2 aliphatic heterocycles. The van der Waals surface area contributed by atoms with Crippen LogP contribution in [0, 0.1) is 13.8 Å². The molecule has 0 saturated carbocycles. The molecule has 0 aromatic carbocycles. The number of nitrogens with zero attached hydrogens (tertiary/aromatic N) is 2. The molecule has 4 heterocycles. The van der Waals surface area contributed by atoms with Gasteiger partial charge in [0.1, 0.15) is 5.82 Å². The maximum absolute atomic E-state index is 12.7. The van der Waals surface area contributed by atoms with E-state index in [1.807, 2.05) is 32.0 Å². The van der Waals surface area contributed by atoms with Gasteiger partial charge in [-0.1, -0.05) is 0 Å². The molecular weight excluding hydrogens is 358 g/mol. The topological polar surface area (TPSA) is 54.5 Å². The minimum atomic E-state index is -0.0700. The van der Waals surface area contributed by atoms with E-state index in [1.54, 1.807) is 11.3 Å². The molecule has 2 saturated heterocycles. The summed E-state index contributed by atoms with van der Waals surface area (Å²) < 4.78 is 5.53. The Morgan fingerprint density at radius 2 is 2.04 bits per heavy atom. The van der Waals surface area contributed by atoms with Crippen LogP contribution in [0.25, 0.3) is 0 Å². The molecule has 0 radical (unpaired) electrons. The van der Waals surface area contributed by atoms with Gasteiger partial charge in [-0.25, -0.2) is 4.98 Å². The predicted octanol–water partition coefficient (Wildman–Crippen LogP) is 4.33. The van der Waals surface area contributed by atoms with Crippen molar-refractivity contribution >= 4 is 23.1 Å². The van der Waals surface area contributed by atoms with Gasteiger partial charge in [0.25, 0.3) is 5.91 Å². The Bertz CT molecular complexity index is 793. The van der Waals surface area contributed by atoms with Crippen LogP contribution in [-0.2, 0) is 4.74 Å². The lowest BCUT2D eigenvalue weighted by Gasteiger charge is -2.35. The summed E-state index contributed by atoms with van der Waals surface area (Å²) in [5.74, 6) is 0.552. The molecule has 0 aliphatic carbocycles. The first-order valence-electron chi connectivity index (χ1n) is 9.80. The van der Waals surface area contributed by atoms with E-state index in [0.29, 0.717) is 17.9 Å². The number of aryl methyl sites for hydroxylation is 2. The van der Waals surface area contributed by atoms with E-state index in [-0.39, 0.29) is 5.91 Å². The largest absolute Gasteiger partial charge is 0.381 e. The molecule has 5 nitrogen and oxygen atoms in total. The Hall–Kier alpha value is -1.76. The molecule has 2 aromatic heterocycles. The molecule has 1 unspecified atom stereocenters. The van der Waals surface area contributed by atoms with Crippen molar-refractivity contribution in [1.82, 2.24) is 9.88 Å². The van der Waals surface area contributed by atoms with Gasteiger partial charge in [-0.2, -0.15) is 0 Å². The highest BCUT2D eigenvalue weighted by Crippen LogP contribution is 2.39. The summed E-state index contributed by atoms with van der Waals surface area (Å²) in [5, 5.41) is 2.95. The quantitative estimate of drug-likeness (QED) is 0.851. The predicted molar refractivity (Wildman–Crippen MR) is 109 cm³/mol. The van der Waals surface area contributed by atoms with Crippen LogP contribution in [0.5, 0.6) is 0 Å². The molecular formula is C21H27N3O2S. The normalized spacial score (nSPS) is 21.5. The van der Waals surface area contributed by atoms with Crippen LogP contribution in [-0.4, -0.2) is 41.6 Å². The number of amides is 1. The molecule has 6 heteroatoms. The number of rotatable bonds is 4. The molecule has 1 atom stereocenters. The lowest BCUT2D eigenvalue weighted by molar-refractivity contribution is 0.0295. The summed E-state index contributed by atoms with van der Waals surface area (Å²) in [7, 11) is 0. The zero-order valence-corrected chi connectivity index (χ0v) is 16.8. The Morgan fingerprint density at radius 3 is 2.81 bits per heavy atom. The highest BCUT2D eigenvalue weighted by molar-refractivity contribution is 7.14. The second-order valence-electron chi connectivity index (χ2n) is 7.57. The number of carbonyl (C=O) groups is 1. The van der Waals surface area contributed by atoms with Crippen molar-refractivity contribution in [3.8, 4) is 0 Å². The number of thiophene rings is 1. The molecule has 2 aromatic rings. The van der Waals surface area contributed by atoms with E-state index in [4.69, 9.17) is 4.74 Å². The highest BCUT2D eigenvalue weighted by atomic mass is 32.1. The lowest BCUT2D eigenvalue weighted by Crippen LogP contribution is -2.38. The maximum Gasteiger partial charge on any atom is 0.266 e. The van der Waals surface area contributed by atoms with E-state index in [2.05, 4.69) is 21.3 Å². The third-order valence-electron chi connectivity index (χ3n) is 5.47. The monoisotopic (exact) mass is 385 g/mol. The zero-order chi connectivity index (χ0) is 18.8. The number of likely N-dealkylation sites (tertiary alicyclic amines) is 1. The van der Waals surface area contributed by atoms with Gasteiger partial charge in [-0.05, 0) is 75.9 Å². The number of nitrogens with one attached hydrogen (secondary N) is 1. The van der Waals surface area contributed by atoms with E-state index < -0.39 is 0 Å². The van der Waals surface area contributed by atoms with Crippen LogP contribution in [0.15, 0.2) is 24.3 Å². The fraction of sp³-hybridized carbons (Fsp3) is 0.524. The standard InChI is InChI=1S/C21H27N3O2S/c1-14-12-15(2)22-20(13-14)23-21(25)19-6-5-18(27-19)17-4-3-9-24(17)16-7-10-26-11-8-16/h5-6,12-13,16-17H,3-4,7-11H2,1-2H3,(H,22,23,25). The Balaban J connectivity index is 1.46. The molecule has 144 valence electrons. The highest BCUT2D eigenvalue weighted by Gasteiger charge is 2.33. The smallest absolute Gasteiger partial charge is 0.266 e. The van der Waals surface area contributed by atoms with Gasteiger partial charge in [-0.3, -0.25) is 9.69 Å². The number of aromatic nitrogens is 1. The molecule has 2 aliphatic rings. The third-order valence-corrected chi connectivity index (χ3v) is 6.66. The minimum Gasteiger partial charge on any atom is -0.381 e. The van der Waals surface area contributed by atoms with Crippen LogP contribution in [0.1, 0.15) is 57.5 Å². The van der Waals surface area contributed by atoms with Gasteiger partial charge in [-0.15, -0.1) is 11.3 Å². The second kappa shape index (κ2) is 8.09. The van der Waals surface area contributed by atoms with E-state index in [1.165, 1.54) is 17.7 Å². The fourth-order valence-electron chi connectivity index (χ4n) is 4.29. The number of ether oxygens (including phenoxy) is 1. The summed E-state index contributed by atoms with van der Waals surface area (Å²) in [5.41, 5.74) is 2.01. The molecule has 0 spiro atoms. The van der Waals surface area contributed by atoms with Crippen molar-refractivity contribution in [3.63, 3.8) is 0 Å². The van der Waals surface area contributed by atoms with Gasteiger partial charge >= 0.3 is 0 Å². The first-order valence-corrected chi connectivity index (χ1v) is 10.6. The van der Waals surface area contributed by atoms with Crippen molar-refractivity contribution in [2.24, 2.45) is 0 Å². The number of hydrogen-bond donors (Lipinski definition) is 1. The summed E-state index contributed by atoms with van der Waals surface area (Å²) in [4.78, 5) is 21.8. The van der Waals surface area contributed by atoms with Crippen molar-refractivity contribution < 1.29 is 9.53 Å². The Morgan fingerprint density at radius 1 is 1.22 bits per heavy atom. The van der Waals surface area contributed by atoms with Crippen molar-refractivity contribution in [1.29, 1.82) is 0 Å². The zero-order valence-electron chi connectivity index (χ0n) is 16.0. The van der Waals surface area contributed by atoms with Gasteiger partial charge < -0.3 is 10.1 Å². The summed E-state index contributed by atoms with van der Waals surface area (Å²) in [6.45, 7) is 6.85. The summed E-state index contributed by atoms with van der Waals surface area (Å²) >= 11 is 1.62. The molecule has 0 bridgehead atoms. The Kier molecular flexibility index (Phi) is 5.57. The first-order chi connectivity index (χ1) is 13.1. The van der Waals surface area contributed by atoms with Crippen LogP contribution < -0.4 is 5.32 Å². The van der Waals surface area contributed by atoms with Gasteiger partial charge in [0.05, 0.1) is 4.88 Å². The Labute approximate surface area is 164 Å². The third kappa shape index (κ3) is 4.23. The molecule has 4 rings (SSSR count). The van der Waals surface area contributed by atoms with Crippen molar-refractivity contribution in [2.45, 2.75) is 51.6 Å². The first kappa shape index (κ1) is 18.6.